The number of aldehydes is 2. The van der Waals surface area contributed by atoms with E-state index in [9.17, 15) is 37.9 Å². The van der Waals surface area contributed by atoms with Crippen molar-refractivity contribution in [1.82, 2.24) is 19.5 Å². The smallest absolute Gasteiger partial charge is 0.756 e. The molecule has 3 unspecified atom stereocenters. The van der Waals surface area contributed by atoms with Crippen LogP contribution in [0.25, 0.3) is 11.2 Å². The molecule has 0 saturated carbocycles. The van der Waals surface area contributed by atoms with E-state index in [1.54, 1.807) is 0 Å². The summed E-state index contributed by atoms with van der Waals surface area (Å²) in [4.78, 5) is 81.1. The van der Waals surface area contributed by atoms with Crippen LogP contribution in [0, 0.1) is 0 Å². The van der Waals surface area contributed by atoms with Crippen molar-refractivity contribution >= 4 is 47.2 Å². The fourth-order valence-electron chi connectivity index (χ4n) is 1.97. The minimum Gasteiger partial charge on any atom is -0.756 e. The Hall–Kier alpha value is -0.940. The van der Waals surface area contributed by atoms with Crippen molar-refractivity contribution in [3.05, 3.63) is 23.0 Å². The fourth-order valence-corrected chi connectivity index (χ4v) is 4.97. The molecule has 18 nitrogen and oxygen atoms in total. The first-order chi connectivity index (χ1) is 14.3. The molecule has 5 atom stereocenters. The number of nitrogens with one attached hydrogen (secondary N) is 1. The number of hydrogen-bond acceptors (Lipinski definition) is 13. The molecule has 0 spiro atoms. The van der Waals surface area contributed by atoms with E-state index in [-0.39, 0.29) is 53.3 Å². The zero-order chi connectivity index (χ0) is 23.4. The molecule has 0 fully saturated rings. The number of rotatable bonds is 12. The minimum absolute atomic E-state index is 0. The Bertz CT molecular complexity index is 1160. The van der Waals surface area contributed by atoms with Gasteiger partial charge in [-0.3, -0.25) is 23.2 Å². The number of H-pyrrole nitrogens is 1. The average molecular weight is 528 g/mol. The quantitative estimate of drug-likeness (QED) is 0.114. The van der Waals surface area contributed by atoms with Crippen molar-refractivity contribution in [3.8, 4) is 0 Å². The molecule has 0 aliphatic carbocycles. The van der Waals surface area contributed by atoms with Crippen molar-refractivity contribution in [2.75, 3.05) is 6.61 Å². The van der Waals surface area contributed by atoms with Crippen LogP contribution in [0.15, 0.2) is 17.4 Å². The summed E-state index contributed by atoms with van der Waals surface area (Å²) in [5.74, 6) is 0. The summed E-state index contributed by atoms with van der Waals surface area (Å²) in [5, 5.41) is 0. The van der Waals surface area contributed by atoms with Gasteiger partial charge in [0.2, 0.25) is 0 Å². The summed E-state index contributed by atoms with van der Waals surface area (Å²) in [6.07, 6.45) is -1.20. The topological polar surface area (TPSA) is 270 Å². The van der Waals surface area contributed by atoms with E-state index in [0.29, 0.717) is 0 Å². The Balaban J connectivity index is 0.00000512. The monoisotopic (exact) mass is 528 g/mol. The van der Waals surface area contributed by atoms with E-state index < -0.39 is 48.0 Å². The third-order valence-electron chi connectivity index (χ3n) is 3.04. The summed E-state index contributed by atoms with van der Waals surface area (Å²) in [6.45, 7) is -1.14. The molecular weight excluding hydrogens is 516 g/mol. The summed E-state index contributed by atoms with van der Waals surface area (Å²) < 4.78 is 50.4. The van der Waals surface area contributed by atoms with Gasteiger partial charge in [0.25, 0.3) is 13.4 Å². The van der Waals surface area contributed by atoms with Crippen LogP contribution >= 0.6 is 23.5 Å². The number of phosphoric ester groups is 1. The number of nitrogens with zero attached hydrogens (tertiary/aromatic N) is 3. The van der Waals surface area contributed by atoms with E-state index in [1.165, 1.54) is 0 Å². The number of aromatic nitrogens is 4. The molecular formula is C10H12N4NaO14P3. The van der Waals surface area contributed by atoms with E-state index in [4.69, 9.17) is 14.5 Å². The van der Waals surface area contributed by atoms with Gasteiger partial charge in [0.05, 0.1) is 19.3 Å². The molecule has 0 bridgehead atoms. The second-order valence-corrected chi connectivity index (χ2v) is 9.63. The Morgan fingerprint density at radius 1 is 1.12 bits per heavy atom. The van der Waals surface area contributed by atoms with Gasteiger partial charge in [-0.25, -0.2) is 23.4 Å². The van der Waals surface area contributed by atoms with Crippen molar-refractivity contribution in [2.24, 2.45) is 0 Å². The molecule has 2 heterocycles. The van der Waals surface area contributed by atoms with Crippen molar-refractivity contribution in [1.29, 1.82) is 0 Å². The minimum atomic E-state index is -5.83. The second kappa shape index (κ2) is 11.5. The van der Waals surface area contributed by atoms with Crippen LogP contribution in [0.1, 0.15) is 6.23 Å². The first-order valence-corrected chi connectivity index (χ1v) is 12.0. The van der Waals surface area contributed by atoms with Crippen LogP contribution in [-0.4, -0.2) is 59.5 Å². The molecule has 172 valence electrons. The number of fused-ring (bicyclic) bond motifs is 1. The number of ether oxygens (including phenoxy) is 1. The molecule has 0 saturated heterocycles. The van der Waals surface area contributed by atoms with Gasteiger partial charge in [-0.2, -0.15) is 4.31 Å². The van der Waals surface area contributed by atoms with E-state index >= 15 is 0 Å². The molecule has 22 heteroatoms. The van der Waals surface area contributed by atoms with Gasteiger partial charge in [0.1, 0.15) is 6.10 Å². The summed E-state index contributed by atoms with van der Waals surface area (Å²) in [7, 11) is -17.2. The Labute approximate surface area is 198 Å². The zero-order valence-electron chi connectivity index (χ0n) is 15.7. The maximum absolute atomic E-state index is 11.7. The number of phosphoric acid groups is 3. The fraction of sp³-hybridized carbons (Fsp3) is 0.300. The Kier molecular flexibility index (Phi) is 10.4. The standard InChI is InChI=1S/C10H13N4O14P3.Na/c15-1-6(3-25-30(21,22)28-31(23,24)27-29(18,19)20)26-7(2-16)14-5-13-8-9(14)11-4-12-10(8)17;/h1-2,4-7H,3H2,(H,21,22)(H,23,24)(H,11,12,17)(H2,18,19,20);/q;+1/p-1/t6-,7-;/m0./s1. The van der Waals surface area contributed by atoms with E-state index in [2.05, 4.69) is 28.1 Å². The number of carbonyl (C=O) groups is 2. The van der Waals surface area contributed by atoms with E-state index in [1.807, 2.05) is 0 Å². The Morgan fingerprint density at radius 3 is 2.34 bits per heavy atom. The molecule has 0 aliphatic heterocycles. The molecule has 0 radical (unpaired) electrons. The predicted octanol–water partition coefficient (Wildman–Crippen LogP) is -4.88. The van der Waals surface area contributed by atoms with Crippen LogP contribution < -0.4 is 40.0 Å². The molecule has 0 aromatic carbocycles. The number of carbonyl (C=O) groups excluding carboxylic acids is 2. The maximum atomic E-state index is 11.7. The number of hydrogen-bond donors (Lipinski definition) is 4. The van der Waals surface area contributed by atoms with Crippen LogP contribution in [-0.2, 0) is 41.2 Å². The van der Waals surface area contributed by atoms with Gasteiger partial charge >= 0.3 is 45.2 Å². The maximum Gasteiger partial charge on any atom is 1.00 e. The van der Waals surface area contributed by atoms with E-state index in [0.717, 1.165) is 17.2 Å². The van der Waals surface area contributed by atoms with Crippen LogP contribution in [0.5, 0.6) is 0 Å². The Morgan fingerprint density at radius 2 is 1.78 bits per heavy atom. The molecule has 2 aromatic rings. The molecule has 2 rings (SSSR count). The second-order valence-electron chi connectivity index (χ2n) is 5.26. The van der Waals surface area contributed by atoms with Gasteiger partial charge in [0, 0.05) is 0 Å². The van der Waals surface area contributed by atoms with Crippen molar-refractivity contribution in [3.63, 3.8) is 0 Å². The summed E-state index contributed by atoms with van der Waals surface area (Å²) in [5.41, 5.74) is -0.904. The third kappa shape index (κ3) is 8.44. The molecule has 0 amide bonds. The van der Waals surface area contributed by atoms with Crippen LogP contribution in [0.3, 0.4) is 0 Å². The molecule has 0 aliphatic rings. The third-order valence-corrected chi connectivity index (χ3v) is 6.81. The first-order valence-electron chi connectivity index (χ1n) is 7.50. The summed E-state index contributed by atoms with van der Waals surface area (Å²) in [6, 6.07) is 0. The van der Waals surface area contributed by atoms with Crippen molar-refractivity contribution < 1.29 is 90.3 Å². The molecule has 4 N–H and O–H groups in total. The largest absolute Gasteiger partial charge is 1.00 e. The van der Waals surface area contributed by atoms with Gasteiger partial charge in [-0.15, -0.1) is 0 Å². The van der Waals surface area contributed by atoms with Gasteiger partial charge in [0.15, 0.2) is 30.0 Å². The average Bonchev–Trinajstić information content (AvgIpc) is 3.04. The number of aromatic amines is 1. The van der Waals surface area contributed by atoms with Crippen LogP contribution in [0.4, 0.5) is 0 Å². The summed E-state index contributed by atoms with van der Waals surface area (Å²) >= 11 is 0. The molecule has 2 aromatic heterocycles. The van der Waals surface area contributed by atoms with Crippen LogP contribution in [0.2, 0.25) is 0 Å². The van der Waals surface area contributed by atoms with Gasteiger partial charge in [-0.05, 0) is 0 Å². The van der Waals surface area contributed by atoms with Gasteiger partial charge in [-0.1, -0.05) is 0 Å². The zero-order valence-corrected chi connectivity index (χ0v) is 20.4. The van der Waals surface area contributed by atoms with Crippen molar-refractivity contribution in [2.45, 2.75) is 12.3 Å². The SMILES string of the molecule is O=C[C@H](O[C@@H](C=O)COP(=O)(O)OP(=O)(O)OP(=O)([O-])O)n1cnc2c(=O)[nH]cnc21.[Na+]. The molecule has 32 heavy (non-hydrogen) atoms. The predicted molar refractivity (Wildman–Crippen MR) is 91.8 cm³/mol. The van der Waals surface area contributed by atoms with Gasteiger partial charge < -0.3 is 34.1 Å². The first kappa shape index (κ1) is 29.1. The number of imidazole rings is 1. The normalized spacial score (nSPS) is 19.0.